The molecule has 0 aliphatic carbocycles. The lowest BCUT2D eigenvalue weighted by atomic mass is 10.1. The summed E-state index contributed by atoms with van der Waals surface area (Å²) in [5, 5.41) is 8.86. The predicted octanol–water partition coefficient (Wildman–Crippen LogP) is 2.46. The fraction of sp³-hybridized carbons (Fsp3) is 0.538. The van der Waals surface area contributed by atoms with Crippen LogP contribution in [0.15, 0.2) is 18.2 Å². The van der Waals surface area contributed by atoms with Crippen molar-refractivity contribution in [3.05, 3.63) is 29.3 Å². The number of piperidine rings is 1. The van der Waals surface area contributed by atoms with Gasteiger partial charge in [0.2, 0.25) is 0 Å². The van der Waals surface area contributed by atoms with Gasteiger partial charge in [-0.05, 0) is 37.8 Å². The van der Waals surface area contributed by atoms with Crippen molar-refractivity contribution < 1.29 is 5.21 Å². The molecule has 3 nitrogen and oxygen atoms in total. The van der Waals surface area contributed by atoms with Crippen LogP contribution in [0.25, 0.3) is 0 Å². The zero-order valence-corrected chi connectivity index (χ0v) is 9.87. The lowest BCUT2D eigenvalue weighted by molar-refractivity contribution is 0.161. The van der Waals surface area contributed by atoms with Gasteiger partial charge in [-0.15, -0.1) is 0 Å². The van der Waals surface area contributed by atoms with Gasteiger partial charge in [-0.2, -0.15) is 0 Å². The highest BCUT2D eigenvalue weighted by Crippen LogP contribution is 2.25. The van der Waals surface area contributed by atoms with Crippen LogP contribution in [-0.4, -0.2) is 18.3 Å². The van der Waals surface area contributed by atoms with Gasteiger partial charge >= 0.3 is 0 Å². The van der Waals surface area contributed by atoms with Crippen molar-refractivity contribution in [1.82, 2.24) is 5.48 Å². The summed E-state index contributed by atoms with van der Waals surface area (Å²) >= 11 is 0. The Bertz CT molecular complexity index is 346. The minimum atomic E-state index is 0.521. The van der Waals surface area contributed by atoms with Crippen molar-refractivity contribution in [2.75, 3.05) is 18.0 Å². The van der Waals surface area contributed by atoms with E-state index in [2.05, 4.69) is 35.5 Å². The van der Waals surface area contributed by atoms with Gasteiger partial charge in [-0.3, -0.25) is 0 Å². The number of benzene rings is 1. The summed E-state index contributed by atoms with van der Waals surface area (Å²) in [5.41, 5.74) is 5.96. The van der Waals surface area contributed by atoms with Crippen molar-refractivity contribution >= 4 is 5.69 Å². The number of hydrogen-bond donors (Lipinski definition) is 2. The van der Waals surface area contributed by atoms with Gasteiger partial charge < -0.3 is 10.1 Å². The van der Waals surface area contributed by atoms with Crippen LogP contribution in [0, 0.1) is 6.92 Å². The largest absolute Gasteiger partial charge is 0.371 e. The second kappa shape index (κ2) is 5.32. The van der Waals surface area contributed by atoms with Crippen molar-refractivity contribution in [3.8, 4) is 0 Å². The molecule has 1 aliphatic rings. The van der Waals surface area contributed by atoms with E-state index in [1.165, 1.54) is 36.1 Å². The molecule has 2 rings (SSSR count). The number of hydroxylamine groups is 1. The third-order valence-corrected chi connectivity index (χ3v) is 3.20. The normalized spacial score (nSPS) is 16.5. The standard InChI is InChI=1S/C13H20N2O/c1-11-5-6-13(12(9-11)10-14-16)15-7-3-2-4-8-15/h5-6,9,14,16H,2-4,7-8,10H2,1H3. The molecule has 0 unspecified atom stereocenters. The molecule has 1 heterocycles. The molecule has 3 heteroatoms. The Morgan fingerprint density at radius 2 is 2.00 bits per heavy atom. The van der Waals surface area contributed by atoms with Crippen LogP contribution in [0.2, 0.25) is 0 Å². The fourth-order valence-electron chi connectivity index (χ4n) is 2.38. The minimum absolute atomic E-state index is 0.521. The van der Waals surface area contributed by atoms with Crippen LogP contribution in [0.1, 0.15) is 30.4 Å². The van der Waals surface area contributed by atoms with E-state index in [1.807, 2.05) is 0 Å². The summed E-state index contributed by atoms with van der Waals surface area (Å²) < 4.78 is 0. The van der Waals surface area contributed by atoms with Crippen molar-refractivity contribution in [1.29, 1.82) is 0 Å². The second-order valence-electron chi connectivity index (χ2n) is 4.51. The van der Waals surface area contributed by atoms with Crippen molar-refractivity contribution in [3.63, 3.8) is 0 Å². The molecule has 0 aromatic heterocycles. The topological polar surface area (TPSA) is 35.5 Å². The molecular weight excluding hydrogens is 200 g/mol. The molecule has 1 aliphatic heterocycles. The third kappa shape index (κ3) is 2.54. The molecule has 0 saturated carbocycles. The first-order chi connectivity index (χ1) is 7.81. The van der Waals surface area contributed by atoms with Gasteiger partial charge in [-0.1, -0.05) is 17.7 Å². The maximum absolute atomic E-state index is 8.86. The number of aryl methyl sites for hydroxylation is 1. The Hall–Kier alpha value is -1.06. The first-order valence-electron chi connectivity index (χ1n) is 6.02. The molecule has 0 atom stereocenters. The molecular formula is C13H20N2O. The van der Waals surface area contributed by atoms with Crippen LogP contribution in [0.3, 0.4) is 0 Å². The number of nitrogens with one attached hydrogen (secondary N) is 1. The highest BCUT2D eigenvalue weighted by molar-refractivity contribution is 5.55. The van der Waals surface area contributed by atoms with Gasteiger partial charge in [0.25, 0.3) is 0 Å². The van der Waals surface area contributed by atoms with Crippen LogP contribution in [0.5, 0.6) is 0 Å². The summed E-state index contributed by atoms with van der Waals surface area (Å²) in [7, 11) is 0. The van der Waals surface area contributed by atoms with E-state index >= 15 is 0 Å². The number of anilines is 1. The summed E-state index contributed by atoms with van der Waals surface area (Å²) in [6, 6.07) is 6.46. The molecule has 0 amide bonds. The molecule has 1 aromatic carbocycles. The lowest BCUT2D eigenvalue weighted by Crippen LogP contribution is -2.30. The summed E-state index contributed by atoms with van der Waals surface area (Å²) in [6.07, 6.45) is 3.90. The predicted molar refractivity (Wildman–Crippen MR) is 65.9 cm³/mol. The Labute approximate surface area is 97.0 Å². The molecule has 88 valence electrons. The summed E-state index contributed by atoms with van der Waals surface area (Å²) in [5.74, 6) is 0. The van der Waals surface area contributed by atoms with Gasteiger partial charge in [0, 0.05) is 25.3 Å². The highest BCUT2D eigenvalue weighted by atomic mass is 16.5. The van der Waals surface area contributed by atoms with E-state index in [0.29, 0.717) is 6.54 Å². The van der Waals surface area contributed by atoms with Gasteiger partial charge in [0.05, 0.1) is 0 Å². The molecule has 1 saturated heterocycles. The van der Waals surface area contributed by atoms with E-state index in [1.54, 1.807) is 0 Å². The van der Waals surface area contributed by atoms with E-state index in [0.717, 1.165) is 13.1 Å². The molecule has 0 spiro atoms. The monoisotopic (exact) mass is 220 g/mol. The molecule has 2 N–H and O–H groups in total. The Morgan fingerprint density at radius 1 is 1.25 bits per heavy atom. The molecule has 1 fully saturated rings. The van der Waals surface area contributed by atoms with Crippen molar-refractivity contribution in [2.45, 2.75) is 32.7 Å². The van der Waals surface area contributed by atoms with E-state index in [-0.39, 0.29) is 0 Å². The summed E-state index contributed by atoms with van der Waals surface area (Å²) in [4.78, 5) is 2.43. The maximum Gasteiger partial charge on any atom is 0.0478 e. The Morgan fingerprint density at radius 3 is 2.69 bits per heavy atom. The molecule has 0 radical (unpaired) electrons. The SMILES string of the molecule is Cc1ccc(N2CCCCC2)c(CNO)c1. The Kier molecular flexibility index (Phi) is 3.80. The first kappa shape index (κ1) is 11.4. The zero-order valence-electron chi connectivity index (χ0n) is 9.87. The number of nitrogens with zero attached hydrogens (tertiary/aromatic N) is 1. The number of rotatable bonds is 3. The van der Waals surface area contributed by atoms with Gasteiger partial charge in [0.1, 0.15) is 0 Å². The van der Waals surface area contributed by atoms with Crippen LogP contribution in [-0.2, 0) is 6.54 Å². The van der Waals surface area contributed by atoms with E-state index in [9.17, 15) is 0 Å². The smallest absolute Gasteiger partial charge is 0.0478 e. The third-order valence-electron chi connectivity index (χ3n) is 3.20. The van der Waals surface area contributed by atoms with Crippen LogP contribution < -0.4 is 10.4 Å². The number of hydrogen-bond acceptors (Lipinski definition) is 3. The maximum atomic E-state index is 8.86. The van der Waals surface area contributed by atoms with Crippen LogP contribution >= 0.6 is 0 Å². The first-order valence-corrected chi connectivity index (χ1v) is 6.02. The average molecular weight is 220 g/mol. The van der Waals surface area contributed by atoms with Gasteiger partial charge in [0.15, 0.2) is 0 Å². The summed E-state index contributed by atoms with van der Waals surface area (Å²) in [6.45, 7) is 4.89. The van der Waals surface area contributed by atoms with E-state index in [4.69, 9.17) is 5.21 Å². The Balaban J connectivity index is 2.23. The van der Waals surface area contributed by atoms with Crippen molar-refractivity contribution in [2.24, 2.45) is 0 Å². The lowest BCUT2D eigenvalue weighted by Gasteiger charge is -2.30. The van der Waals surface area contributed by atoms with Gasteiger partial charge in [-0.25, -0.2) is 5.48 Å². The highest BCUT2D eigenvalue weighted by Gasteiger charge is 2.14. The van der Waals surface area contributed by atoms with Crippen LogP contribution in [0.4, 0.5) is 5.69 Å². The molecule has 1 aromatic rings. The molecule has 0 bridgehead atoms. The zero-order chi connectivity index (χ0) is 11.4. The minimum Gasteiger partial charge on any atom is -0.371 e. The molecule has 16 heavy (non-hydrogen) atoms. The average Bonchev–Trinajstić information content (AvgIpc) is 2.31. The van der Waals surface area contributed by atoms with E-state index < -0.39 is 0 Å². The second-order valence-corrected chi connectivity index (χ2v) is 4.51. The quantitative estimate of drug-likeness (QED) is 0.768. The fourth-order valence-corrected chi connectivity index (χ4v) is 2.38.